The van der Waals surface area contributed by atoms with Crippen LogP contribution in [0.3, 0.4) is 0 Å². The van der Waals surface area contributed by atoms with E-state index in [2.05, 4.69) is 10.2 Å². The predicted molar refractivity (Wildman–Crippen MR) is 95.5 cm³/mol. The fourth-order valence-electron chi connectivity index (χ4n) is 3.04. The first-order valence-electron chi connectivity index (χ1n) is 8.08. The third-order valence-electron chi connectivity index (χ3n) is 4.19. The molecule has 2 aromatic rings. The van der Waals surface area contributed by atoms with Gasteiger partial charge in [0.1, 0.15) is 6.54 Å². The number of hydrogen-bond acceptors (Lipinski definition) is 3. The first-order chi connectivity index (χ1) is 11.6. The standard InChI is InChI=1S/C18H20ClN3O2/c19-15-7-1-2-8-16(15)21-11-5-6-14(12-21)20-17(23)13-22-10-4-3-9-18(22)24/h1-4,7-10,14H,5-6,11-13H2,(H,20,23)/t14-/m1/s1. The molecule has 1 amide bonds. The molecule has 0 bridgehead atoms. The number of nitrogens with one attached hydrogen (secondary N) is 1. The largest absolute Gasteiger partial charge is 0.368 e. The summed E-state index contributed by atoms with van der Waals surface area (Å²) >= 11 is 6.27. The van der Waals surface area contributed by atoms with Gasteiger partial charge in [-0.3, -0.25) is 9.59 Å². The molecule has 0 radical (unpaired) electrons. The topological polar surface area (TPSA) is 54.3 Å². The second-order valence-corrected chi connectivity index (χ2v) is 6.38. The number of nitrogens with zero attached hydrogens (tertiary/aromatic N) is 2. The highest BCUT2D eigenvalue weighted by atomic mass is 35.5. The average Bonchev–Trinajstić information content (AvgIpc) is 2.57. The van der Waals surface area contributed by atoms with Crippen molar-refractivity contribution in [3.8, 4) is 0 Å². The molecule has 1 aromatic carbocycles. The fourth-order valence-corrected chi connectivity index (χ4v) is 3.30. The lowest BCUT2D eigenvalue weighted by Gasteiger charge is -2.35. The van der Waals surface area contributed by atoms with Gasteiger partial charge < -0.3 is 14.8 Å². The molecular weight excluding hydrogens is 326 g/mol. The van der Waals surface area contributed by atoms with E-state index in [1.807, 2.05) is 24.3 Å². The van der Waals surface area contributed by atoms with Gasteiger partial charge in [0.2, 0.25) is 5.91 Å². The zero-order valence-corrected chi connectivity index (χ0v) is 14.1. The summed E-state index contributed by atoms with van der Waals surface area (Å²) in [6.45, 7) is 1.69. The number of amides is 1. The van der Waals surface area contributed by atoms with Crippen molar-refractivity contribution < 1.29 is 4.79 Å². The van der Waals surface area contributed by atoms with Crippen LogP contribution in [0.4, 0.5) is 5.69 Å². The van der Waals surface area contributed by atoms with Gasteiger partial charge in [-0.15, -0.1) is 0 Å². The highest BCUT2D eigenvalue weighted by Gasteiger charge is 2.22. The molecule has 1 aliphatic heterocycles. The third-order valence-corrected chi connectivity index (χ3v) is 4.51. The summed E-state index contributed by atoms with van der Waals surface area (Å²) in [5, 5.41) is 3.75. The van der Waals surface area contributed by atoms with Crippen molar-refractivity contribution in [3.05, 3.63) is 64.0 Å². The van der Waals surface area contributed by atoms with Gasteiger partial charge in [-0.2, -0.15) is 0 Å². The molecular formula is C18H20ClN3O2. The lowest BCUT2D eigenvalue weighted by atomic mass is 10.0. The molecule has 0 saturated carbocycles. The van der Waals surface area contributed by atoms with Gasteiger partial charge in [0.25, 0.3) is 5.56 Å². The number of halogens is 1. The Bertz CT molecular complexity index is 775. The molecule has 1 fully saturated rings. The molecule has 1 atom stereocenters. The quantitative estimate of drug-likeness (QED) is 0.925. The van der Waals surface area contributed by atoms with Crippen LogP contribution in [0, 0.1) is 0 Å². The summed E-state index contributed by atoms with van der Waals surface area (Å²) in [7, 11) is 0. The number of aromatic nitrogens is 1. The van der Waals surface area contributed by atoms with Crippen LogP contribution in [0.15, 0.2) is 53.5 Å². The zero-order chi connectivity index (χ0) is 16.9. The number of pyridine rings is 1. The monoisotopic (exact) mass is 345 g/mol. The Labute approximate surface area is 145 Å². The highest BCUT2D eigenvalue weighted by Crippen LogP contribution is 2.27. The van der Waals surface area contributed by atoms with E-state index in [0.29, 0.717) is 0 Å². The van der Waals surface area contributed by atoms with E-state index in [9.17, 15) is 9.59 Å². The molecule has 1 aromatic heterocycles. The molecule has 0 spiro atoms. The maximum Gasteiger partial charge on any atom is 0.250 e. The minimum Gasteiger partial charge on any atom is -0.368 e. The Balaban J connectivity index is 1.61. The van der Waals surface area contributed by atoms with Crippen LogP contribution in [0.25, 0.3) is 0 Å². The normalized spacial score (nSPS) is 17.5. The Morgan fingerprint density at radius 3 is 2.79 bits per heavy atom. The van der Waals surface area contributed by atoms with Crippen molar-refractivity contribution in [2.45, 2.75) is 25.4 Å². The molecule has 5 nitrogen and oxygen atoms in total. The maximum atomic E-state index is 12.2. The van der Waals surface area contributed by atoms with Crippen LogP contribution < -0.4 is 15.8 Å². The van der Waals surface area contributed by atoms with E-state index in [1.165, 1.54) is 10.6 Å². The van der Waals surface area contributed by atoms with E-state index in [4.69, 9.17) is 11.6 Å². The Hall–Kier alpha value is -2.27. The van der Waals surface area contributed by atoms with E-state index >= 15 is 0 Å². The number of para-hydroxylation sites is 1. The number of piperidine rings is 1. The zero-order valence-electron chi connectivity index (χ0n) is 13.3. The lowest BCUT2D eigenvalue weighted by Crippen LogP contribution is -2.49. The van der Waals surface area contributed by atoms with Crippen molar-refractivity contribution in [1.29, 1.82) is 0 Å². The van der Waals surface area contributed by atoms with Gasteiger partial charge >= 0.3 is 0 Å². The van der Waals surface area contributed by atoms with Gasteiger partial charge in [0.15, 0.2) is 0 Å². The Morgan fingerprint density at radius 2 is 2.00 bits per heavy atom. The predicted octanol–water partition coefficient (Wildman–Crippen LogP) is 2.29. The van der Waals surface area contributed by atoms with Crippen molar-refractivity contribution in [3.63, 3.8) is 0 Å². The van der Waals surface area contributed by atoms with Crippen LogP contribution in [0.1, 0.15) is 12.8 Å². The highest BCUT2D eigenvalue weighted by molar-refractivity contribution is 6.33. The molecule has 1 N–H and O–H groups in total. The average molecular weight is 346 g/mol. The van der Waals surface area contributed by atoms with E-state index < -0.39 is 0 Å². The van der Waals surface area contributed by atoms with Crippen LogP contribution in [-0.2, 0) is 11.3 Å². The number of benzene rings is 1. The summed E-state index contributed by atoms with van der Waals surface area (Å²) in [5.41, 5.74) is 0.825. The van der Waals surface area contributed by atoms with Gasteiger partial charge in [0.05, 0.1) is 10.7 Å². The summed E-state index contributed by atoms with van der Waals surface area (Å²) in [4.78, 5) is 26.1. The van der Waals surface area contributed by atoms with Crippen molar-refractivity contribution in [2.24, 2.45) is 0 Å². The number of carbonyl (C=O) groups excluding carboxylic acids is 1. The van der Waals surface area contributed by atoms with Crippen LogP contribution in [0.5, 0.6) is 0 Å². The Morgan fingerprint density at radius 1 is 1.21 bits per heavy atom. The summed E-state index contributed by atoms with van der Waals surface area (Å²) in [6.07, 6.45) is 3.54. The van der Waals surface area contributed by atoms with Crippen molar-refractivity contribution in [2.75, 3.05) is 18.0 Å². The second-order valence-electron chi connectivity index (χ2n) is 5.97. The van der Waals surface area contributed by atoms with Crippen molar-refractivity contribution in [1.82, 2.24) is 9.88 Å². The summed E-state index contributed by atoms with van der Waals surface area (Å²) in [6, 6.07) is 12.7. The van der Waals surface area contributed by atoms with Crippen molar-refractivity contribution >= 4 is 23.2 Å². The van der Waals surface area contributed by atoms with Gasteiger partial charge in [-0.25, -0.2) is 0 Å². The molecule has 0 unspecified atom stereocenters. The van der Waals surface area contributed by atoms with Crippen LogP contribution >= 0.6 is 11.6 Å². The molecule has 2 heterocycles. The fraction of sp³-hybridized carbons (Fsp3) is 0.333. The summed E-state index contributed by atoms with van der Waals surface area (Å²) < 4.78 is 1.41. The number of hydrogen-bond donors (Lipinski definition) is 1. The summed E-state index contributed by atoms with van der Waals surface area (Å²) in [5.74, 6) is -0.144. The SMILES string of the molecule is O=C(Cn1ccccc1=O)N[C@@H]1CCCN(c2ccccc2Cl)C1. The van der Waals surface area contributed by atoms with E-state index in [1.54, 1.807) is 18.3 Å². The first kappa shape index (κ1) is 16.6. The van der Waals surface area contributed by atoms with E-state index in [-0.39, 0.29) is 24.1 Å². The number of rotatable bonds is 4. The van der Waals surface area contributed by atoms with Gasteiger partial charge in [-0.05, 0) is 31.0 Å². The lowest BCUT2D eigenvalue weighted by molar-refractivity contribution is -0.122. The molecule has 1 aliphatic rings. The molecule has 24 heavy (non-hydrogen) atoms. The number of anilines is 1. The molecule has 0 aliphatic carbocycles. The van der Waals surface area contributed by atoms with Gasteiger partial charge in [-0.1, -0.05) is 29.8 Å². The second kappa shape index (κ2) is 7.53. The minimum absolute atomic E-state index is 0.0439. The van der Waals surface area contributed by atoms with E-state index in [0.717, 1.165) is 36.6 Å². The molecule has 6 heteroatoms. The number of carbonyl (C=O) groups is 1. The minimum atomic E-state index is -0.172. The smallest absolute Gasteiger partial charge is 0.250 e. The molecule has 126 valence electrons. The first-order valence-corrected chi connectivity index (χ1v) is 8.45. The maximum absolute atomic E-state index is 12.2. The van der Waals surface area contributed by atoms with Gasteiger partial charge in [0, 0.05) is 31.4 Å². The molecule has 3 rings (SSSR count). The van der Waals surface area contributed by atoms with Crippen LogP contribution in [-0.4, -0.2) is 29.6 Å². The molecule has 1 saturated heterocycles. The van der Waals surface area contributed by atoms with Crippen LogP contribution in [0.2, 0.25) is 5.02 Å². The third kappa shape index (κ3) is 3.97. The Kier molecular flexibility index (Phi) is 5.20.